The van der Waals surface area contributed by atoms with E-state index >= 15 is 0 Å². The Labute approximate surface area is 213 Å². The van der Waals surface area contributed by atoms with Gasteiger partial charge in [-0.15, -0.1) is 0 Å². The summed E-state index contributed by atoms with van der Waals surface area (Å²) < 4.78 is 67.5. The molecule has 11 heteroatoms. The highest BCUT2D eigenvalue weighted by Gasteiger charge is 2.33. The van der Waals surface area contributed by atoms with Crippen LogP contribution in [0.25, 0.3) is 0 Å². The van der Waals surface area contributed by atoms with Crippen LogP contribution >= 0.6 is 11.6 Å². The normalized spacial score (nSPS) is 12.1. The van der Waals surface area contributed by atoms with Crippen LogP contribution in [0.1, 0.15) is 24.1 Å². The Hall–Kier alpha value is -3.21. The number of anilines is 1. The Morgan fingerprint density at radius 1 is 1.08 bits per heavy atom. The number of hydrogen-bond donors (Lipinski definition) is 1. The molecule has 0 spiro atoms. The van der Waals surface area contributed by atoms with Gasteiger partial charge in [0.2, 0.25) is 0 Å². The lowest BCUT2D eigenvalue weighted by molar-refractivity contribution is 0.133. The van der Waals surface area contributed by atoms with Crippen LogP contribution in [0.3, 0.4) is 0 Å². The molecule has 0 heterocycles. The number of nitrogens with one attached hydrogen (secondary N) is 1. The number of carbonyl (C=O) groups is 1. The lowest BCUT2D eigenvalue weighted by atomic mass is 10.0. The summed E-state index contributed by atoms with van der Waals surface area (Å²) in [6, 6.07) is 13.6. The molecule has 0 saturated carbocycles. The van der Waals surface area contributed by atoms with Gasteiger partial charge < -0.3 is 14.8 Å². The summed E-state index contributed by atoms with van der Waals surface area (Å²) in [7, 11) is -2.89. The number of carbonyl (C=O) groups excluding carboxylic acids is 1. The van der Waals surface area contributed by atoms with E-state index < -0.39 is 39.5 Å². The average Bonchev–Trinajstić information content (AvgIpc) is 2.85. The van der Waals surface area contributed by atoms with E-state index in [9.17, 15) is 22.0 Å². The predicted molar refractivity (Wildman–Crippen MR) is 132 cm³/mol. The van der Waals surface area contributed by atoms with E-state index in [1.165, 1.54) is 38.3 Å². The summed E-state index contributed by atoms with van der Waals surface area (Å²) in [4.78, 5) is 11.8. The van der Waals surface area contributed by atoms with Gasteiger partial charge in [0.1, 0.15) is 18.2 Å². The second kappa shape index (κ2) is 12.2. The molecule has 0 unspecified atom stereocenters. The Balaban J connectivity index is 2.03. The molecule has 0 aliphatic rings. The molecule has 1 atom stereocenters. The smallest absolute Gasteiger partial charge is 0.407 e. The molecule has 0 radical (unpaired) electrons. The van der Waals surface area contributed by atoms with Gasteiger partial charge in [-0.3, -0.25) is 4.31 Å². The summed E-state index contributed by atoms with van der Waals surface area (Å²) in [5.74, 6) is -1.73. The summed E-state index contributed by atoms with van der Waals surface area (Å²) >= 11 is 5.91. The highest BCUT2D eigenvalue weighted by Crippen LogP contribution is 2.36. The largest absolute Gasteiger partial charge is 0.445 e. The molecule has 0 aliphatic heterocycles. The van der Waals surface area contributed by atoms with E-state index in [2.05, 4.69) is 5.32 Å². The van der Waals surface area contributed by atoms with E-state index in [0.717, 1.165) is 22.5 Å². The maximum Gasteiger partial charge on any atom is 0.407 e. The van der Waals surface area contributed by atoms with Crippen molar-refractivity contribution >= 4 is 33.4 Å². The zero-order valence-electron chi connectivity index (χ0n) is 19.6. The molecule has 7 nitrogen and oxygen atoms in total. The summed E-state index contributed by atoms with van der Waals surface area (Å²) in [5, 5.41) is 2.84. The zero-order valence-corrected chi connectivity index (χ0v) is 21.2. The fraction of sp³-hybridized carbons (Fsp3) is 0.240. The Morgan fingerprint density at radius 3 is 2.47 bits per heavy atom. The van der Waals surface area contributed by atoms with Crippen LogP contribution in [0.5, 0.6) is 0 Å². The Kier molecular flexibility index (Phi) is 9.25. The maximum absolute atomic E-state index is 14.9. The molecule has 192 valence electrons. The van der Waals surface area contributed by atoms with Crippen molar-refractivity contribution in [3.8, 4) is 0 Å². The van der Waals surface area contributed by atoms with Crippen molar-refractivity contribution in [3.05, 3.63) is 94.5 Å². The van der Waals surface area contributed by atoms with Crippen molar-refractivity contribution in [2.45, 2.75) is 24.5 Å². The first-order chi connectivity index (χ1) is 17.1. The van der Waals surface area contributed by atoms with Gasteiger partial charge in [0.25, 0.3) is 10.0 Å². The minimum atomic E-state index is -4.39. The molecule has 0 aliphatic carbocycles. The van der Waals surface area contributed by atoms with Crippen LogP contribution in [0.4, 0.5) is 19.3 Å². The highest BCUT2D eigenvalue weighted by molar-refractivity contribution is 7.92. The number of hydrogen-bond acceptors (Lipinski definition) is 5. The van der Waals surface area contributed by atoms with Crippen LogP contribution in [0, 0.1) is 11.6 Å². The number of nitrogens with zero attached hydrogens (tertiary/aromatic N) is 1. The number of sulfonamides is 1. The standard InChI is InChI=1S/C25H25ClF2N2O5S/c1-17(22-6-4-3-5-18(22)16-35-25(31)29-13-14-34-2)30(24-15-20(27)9-12-23(24)28)36(32,33)21-10-7-19(26)8-11-21/h3-12,15,17H,13-14,16H2,1-2H3,(H,29,31)/t17-/m1/s1. The fourth-order valence-electron chi connectivity index (χ4n) is 3.57. The third-order valence-corrected chi connectivity index (χ3v) is 7.46. The van der Waals surface area contributed by atoms with Gasteiger partial charge in [0, 0.05) is 24.7 Å². The lowest BCUT2D eigenvalue weighted by Gasteiger charge is -2.32. The molecule has 3 rings (SSSR count). The number of ether oxygens (including phenoxy) is 2. The molecule has 1 N–H and O–H groups in total. The van der Waals surface area contributed by atoms with Gasteiger partial charge in [0.05, 0.1) is 23.2 Å². The number of rotatable bonds is 10. The number of benzene rings is 3. The van der Waals surface area contributed by atoms with Crippen molar-refractivity contribution in [1.82, 2.24) is 5.32 Å². The van der Waals surface area contributed by atoms with Crippen LogP contribution in [0.2, 0.25) is 5.02 Å². The molecule has 0 bridgehead atoms. The number of halogens is 3. The van der Waals surface area contributed by atoms with E-state index in [-0.39, 0.29) is 18.0 Å². The van der Waals surface area contributed by atoms with Gasteiger partial charge in [-0.2, -0.15) is 0 Å². The quantitative estimate of drug-likeness (QED) is 0.347. The van der Waals surface area contributed by atoms with Gasteiger partial charge in [-0.05, 0) is 54.4 Å². The molecule has 1 amide bonds. The molecule has 0 aromatic heterocycles. The molecule has 3 aromatic carbocycles. The third-order valence-electron chi connectivity index (χ3n) is 5.31. The molecular formula is C25H25ClF2N2O5S. The van der Waals surface area contributed by atoms with E-state index in [1.807, 2.05) is 0 Å². The van der Waals surface area contributed by atoms with Crippen LogP contribution in [0.15, 0.2) is 71.6 Å². The van der Waals surface area contributed by atoms with Gasteiger partial charge in [-0.25, -0.2) is 22.0 Å². The average molecular weight is 539 g/mol. The topological polar surface area (TPSA) is 84.9 Å². The summed E-state index contributed by atoms with van der Waals surface area (Å²) in [6.45, 7) is 1.91. The van der Waals surface area contributed by atoms with Gasteiger partial charge in [0.15, 0.2) is 0 Å². The van der Waals surface area contributed by atoms with Crippen molar-refractivity contribution < 1.29 is 31.5 Å². The molecule has 3 aromatic rings. The Morgan fingerprint density at radius 2 is 1.78 bits per heavy atom. The van der Waals surface area contributed by atoms with Crippen LogP contribution in [-0.2, 0) is 26.1 Å². The lowest BCUT2D eigenvalue weighted by Crippen LogP contribution is -2.35. The van der Waals surface area contributed by atoms with Crippen LogP contribution < -0.4 is 9.62 Å². The molecule has 0 fully saturated rings. The van der Waals surface area contributed by atoms with E-state index in [1.54, 1.807) is 24.3 Å². The Bertz CT molecular complexity index is 1310. The van der Waals surface area contributed by atoms with Crippen molar-refractivity contribution in [1.29, 1.82) is 0 Å². The number of amides is 1. The predicted octanol–water partition coefficient (Wildman–Crippen LogP) is 5.45. The van der Waals surface area contributed by atoms with Gasteiger partial charge in [-0.1, -0.05) is 35.9 Å². The molecule has 0 saturated heterocycles. The molecular weight excluding hydrogens is 514 g/mol. The van der Waals surface area contributed by atoms with E-state index in [0.29, 0.717) is 22.8 Å². The first-order valence-corrected chi connectivity index (χ1v) is 12.7. The first-order valence-electron chi connectivity index (χ1n) is 10.9. The van der Waals surface area contributed by atoms with Crippen molar-refractivity contribution in [3.63, 3.8) is 0 Å². The monoisotopic (exact) mass is 538 g/mol. The third kappa shape index (κ3) is 6.51. The van der Waals surface area contributed by atoms with Crippen molar-refractivity contribution in [2.75, 3.05) is 24.6 Å². The van der Waals surface area contributed by atoms with Crippen LogP contribution in [-0.4, -0.2) is 34.8 Å². The summed E-state index contributed by atoms with van der Waals surface area (Å²) in [6.07, 6.45) is -0.684. The second-order valence-electron chi connectivity index (χ2n) is 7.72. The first kappa shape index (κ1) is 27.4. The fourth-order valence-corrected chi connectivity index (χ4v) is 5.33. The highest BCUT2D eigenvalue weighted by atomic mass is 35.5. The summed E-state index contributed by atoms with van der Waals surface area (Å²) in [5.41, 5.74) is 0.453. The maximum atomic E-state index is 14.9. The second-order valence-corrected chi connectivity index (χ2v) is 9.97. The minimum Gasteiger partial charge on any atom is -0.445 e. The number of methoxy groups -OCH3 is 1. The SMILES string of the molecule is COCCNC(=O)OCc1ccccc1[C@@H](C)N(c1cc(F)ccc1F)S(=O)(=O)c1ccc(Cl)cc1. The number of alkyl carbamates (subject to hydrolysis) is 1. The van der Waals surface area contributed by atoms with Crippen molar-refractivity contribution in [2.24, 2.45) is 0 Å². The minimum absolute atomic E-state index is 0.159. The zero-order chi connectivity index (χ0) is 26.3. The molecule has 36 heavy (non-hydrogen) atoms. The van der Waals surface area contributed by atoms with E-state index in [4.69, 9.17) is 21.1 Å². The van der Waals surface area contributed by atoms with Gasteiger partial charge >= 0.3 is 6.09 Å².